The molecule has 1 saturated heterocycles. The summed E-state index contributed by atoms with van der Waals surface area (Å²) in [6.45, 7) is -2.68. The summed E-state index contributed by atoms with van der Waals surface area (Å²) in [7, 11) is -2.06. The first-order valence-electron chi connectivity index (χ1n) is 8.35. The lowest BCUT2D eigenvalue weighted by atomic mass is 10.1. The van der Waals surface area contributed by atoms with Crippen LogP contribution in [0.25, 0.3) is 0 Å². The zero-order valence-corrected chi connectivity index (χ0v) is 15.7. The van der Waals surface area contributed by atoms with E-state index >= 15 is 0 Å². The molecule has 1 amide bonds. The topological polar surface area (TPSA) is 84.9 Å². The number of carbonyl (C=O) groups excluding carboxylic acids is 1. The highest BCUT2D eigenvalue weighted by Crippen LogP contribution is 2.32. The molecule has 150 valence electrons. The quantitative estimate of drug-likeness (QED) is 0.788. The summed E-state index contributed by atoms with van der Waals surface area (Å²) in [5.41, 5.74) is 0.856. The highest BCUT2D eigenvalue weighted by Gasteiger charge is 2.28. The monoisotopic (exact) mass is 412 g/mol. The van der Waals surface area contributed by atoms with Gasteiger partial charge in [-0.3, -0.25) is 9.10 Å². The highest BCUT2D eigenvalue weighted by molar-refractivity contribution is 7.93. The van der Waals surface area contributed by atoms with Gasteiger partial charge in [-0.2, -0.15) is 8.78 Å². The van der Waals surface area contributed by atoms with Crippen molar-refractivity contribution in [3.8, 4) is 11.5 Å². The Morgan fingerprint density at radius 1 is 1.18 bits per heavy atom. The summed E-state index contributed by atoms with van der Waals surface area (Å²) >= 11 is 0. The van der Waals surface area contributed by atoms with Crippen molar-refractivity contribution in [2.24, 2.45) is 0 Å². The zero-order chi connectivity index (χ0) is 20.3. The molecule has 1 aliphatic heterocycles. The number of nitrogens with zero attached hydrogens (tertiary/aromatic N) is 1. The average molecular weight is 412 g/mol. The predicted molar refractivity (Wildman–Crippen MR) is 99.8 cm³/mol. The summed E-state index contributed by atoms with van der Waals surface area (Å²) in [4.78, 5) is 12.5. The van der Waals surface area contributed by atoms with Crippen LogP contribution in [0.4, 0.5) is 20.2 Å². The van der Waals surface area contributed by atoms with Gasteiger partial charge in [-0.1, -0.05) is 6.07 Å². The second-order valence-electron chi connectivity index (χ2n) is 5.99. The second-order valence-corrected chi connectivity index (χ2v) is 8.00. The van der Waals surface area contributed by atoms with E-state index in [9.17, 15) is 22.0 Å². The summed E-state index contributed by atoms with van der Waals surface area (Å²) in [5.74, 6) is -0.569. The fourth-order valence-electron chi connectivity index (χ4n) is 2.88. The lowest BCUT2D eigenvalue weighted by Gasteiger charge is -2.17. The van der Waals surface area contributed by atoms with Gasteiger partial charge in [-0.25, -0.2) is 8.42 Å². The molecule has 0 unspecified atom stereocenters. The molecule has 0 radical (unpaired) electrons. The minimum absolute atomic E-state index is 0.0716. The summed E-state index contributed by atoms with van der Waals surface area (Å²) in [6, 6.07) is 10.3. The Bertz CT molecular complexity index is 982. The van der Waals surface area contributed by atoms with E-state index in [-0.39, 0.29) is 28.5 Å². The molecular formula is C18H18F2N2O5S. The number of benzene rings is 2. The Hall–Kier alpha value is -2.88. The molecule has 0 aromatic heterocycles. The molecule has 28 heavy (non-hydrogen) atoms. The molecule has 0 saturated carbocycles. The zero-order valence-electron chi connectivity index (χ0n) is 14.9. The fraction of sp³-hybridized carbons (Fsp3) is 0.278. The number of ether oxygens (including phenoxy) is 2. The molecular weight excluding hydrogens is 394 g/mol. The molecule has 10 heteroatoms. The Kier molecular flexibility index (Phi) is 5.68. The summed E-state index contributed by atoms with van der Waals surface area (Å²) < 4.78 is 59.8. The van der Waals surface area contributed by atoms with Gasteiger partial charge in [0.15, 0.2) is 11.5 Å². The number of halogens is 2. The van der Waals surface area contributed by atoms with Crippen molar-refractivity contribution in [1.82, 2.24) is 0 Å². The van der Waals surface area contributed by atoms with Crippen LogP contribution < -0.4 is 19.1 Å². The van der Waals surface area contributed by atoms with Crippen LogP contribution in [-0.4, -0.2) is 40.3 Å². The molecule has 1 heterocycles. The van der Waals surface area contributed by atoms with E-state index in [1.807, 2.05) is 0 Å². The van der Waals surface area contributed by atoms with Crippen LogP contribution in [0.15, 0.2) is 42.5 Å². The van der Waals surface area contributed by atoms with Gasteiger partial charge in [0.2, 0.25) is 10.0 Å². The van der Waals surface area contributed by atoms with Gasteiger partial charge in [0.05, 0.1) is 18.6 Å². The first-order chi connectivity index (χ1) is 13.3. The molecule has 1 fully saturated rings. The Balaban J connectivity index is 1.81. The van der Waals surface area contributed by atoms with Crippen LogP contribution in [0, 0.1) is 0 Å². The lowest BCUT2D eigenvalue weighted by molar-refractivity contribution is -0.0511. The first-order valence-corrected chi connectivity index (χ1v) is 9.96. The number of nitrogens with one attached hydrogen (secondary N) is 1. The molecule has 1 N–H and O–H groups in total. The lowest BCUT2D eigenvalue weighted by Crippen LogP contribution is -2.25. The van der Waals surface area contributed by atoms with E-state index in [1.165, 1.54) is 41.7 Å². The Labute approximate surface area is 160 Å². The van der Waals surface area contributed by atoms with Crippen molar-refractivity contribution in [3.63, 3.8) is 0 Å². The van der Waals surface area contributed by atoms with Crippen molar-refractivity contribution in [1.29, 1.82) is 0 Å². The molecule has 0 spiro atoms. The standard InChI is InChI=1S/C18H18F2N2O5S/c1-26-15-7-6-13(11-16(15)27-18(19)20)21-17(23)12-4-2-5-14(10-12)22-8-3-9-28(22,24)25/h2,4-7,10-11,18H,3,8-9H2,1H3,(H,21,23). The number of anilines is 2. The SMILES string of the molecule is COc1ccc(NC(=O)c2cccc(N3CCCS3(=O)=O)c2)cc1OC(F)F. The number of carbonyl (C=O) groups is 1. The molecule has 3 rings (SSSR count). The number of sulfonamides is 1. The third kappa shape index (κ3) is 4.33. The van der Waals surface area contributed by atoms with Crippen molar-refractivity contribution in [3.05, 3.63) is 48.0 Å². The maximum Gasteiger partial charge on any atom is 0.387 e. The van der Waals surface area contributed by atoms with E-state index in [2.05, 4.69) is 10.1 Å². The van der Waals surface area contributed by atoms with Gasteiger partial charge in [-0.05, 0) is 36.8 Å². The fourth-order valence-corrected chi connectivity index (χ4v) is 4.43. The maximum atomic E-state index is 12.5. The average Bonchev–Trinajstić information content (AvgIpc) is 3.00. The number of amides is 1. The van der Waals surface area contributed by atoms with Crippen LogP contribution in [0.1, 0.15) is 16.8 Å². The Morgan fingerprint density at radius 3 is 2.61 bits per heavy atom. The predicted octanol–water partition coefficient (Wildman–Crippen LogP) is 3.09. The largest absolute Gasteiger partial charge is 0.493 e. The normalized spacial score (nSPS) is 15.5. The van der Waals surface area contributed by atoms with Gasteiger partial charge in [0, 0.05) is 23.9 Å². The molecule has 2 aromatic rings. The Morgan fingerprint density at radius 2 is 1.96 bits per heavy atom. The molecule has 1 aliphatic rings. The number of methoxy groups -OCH3 is 1. The van der Waals surface area contributed by atoms with Crippen molar-refractivity contribution >= 4 is 27.3 Å². The van der Waals surface area contributed by atoms with Gasteiger partial charge in [0.1, 0.15) is 0 Å². The van der Waals surface area contributed by atoms with Crippen LogP contribution in [0.5, 0.6) is 11.5 Å². The number of hydrogen-bond donors (Lipinski definition) is 1. The third-order valence-corrected chi connectivity index (χ3v) is 6.00. The second kappa shape index (κ2) is 8.01. The van der Waals surface area contributed by atoms with E-state index < -0.39 is 22.5 Å². The van der Waals surface area contributed by atoms with E-state index in [0.717, 1.165) is 0 Å². The molecule has 0 bridgehead atoms. The maximum absolute atomic E-state index is 12.5. The molecule has 0 atom stereocenters. The number of hydrogen-bond acceptors (Lipinski definition) is 5. The van der Waals surface area contributed by atoms with Gasteiger partial charge < -0.3 is 14.8 Å². The minimum atomic E-state index is -3.37. The van der Waals surface area contributed by atoms with Gasteiger partial charge >= 0.3 is 6.61 Å². The van der Waals surface area contributed by atoms with Crippen LogP contribution in [0.2, 0.25) is 0 Å². The van der Waals surface area contributed by atoms with Crippen molar-refractivity contribution in [2.45, 2.75) is 13.0 Å². The van der Waals surface area contributed by atoms with Crippen LogP contribution in [0.3, 0.4) is 0 Å². The molecule has 0 aliphatic carbocycles. The van der Waals surface area contributed by atoms with E-state index in [1.54, 1.807) is 12.1 Å². The van der Waals surface area contributed by atoms with E-state index in [0.29, 0.717) is 18.7 Å². The van der Waals surface area contributed by atoms with E-state index in [4.69, 9.17) is 4.74 Å². The first kappa shape index (κ1) is 19.9. The summed E-state index contributed by atoms with van der Waals surface area (Å²) in [5, 5.41) is 2.57. The van der Waals surface area contributed by atoms with Crippen molar-refractivity contribution < 1.29 is 31.5 Å². The number of rotatable bonds is 6. The highest BCUT2D eigenvalue weighted by atomic mass is 32.2. The van der Waals surface area contributed by atoms with Gasteiger partial charge in [-0.15, -0.1) is 0 Å². The third-order valence-electron chi connectivity index (χ3n) is 4.13. The van der Waals surface area contributed by atoms with Crippen LogP contribution in [-0.2, 0) is 10.0 Å². The van der Waals surface area contributed by atoms with Crippen LogP contribution >= 0.6 is 0 Å². The number of alkyl halides is 2. The smallest absolute Gasteiger partial charge is 0.387 e. The van der Waals surface area contributed by atoms with Crippen molar-refractivity contribution in [2.75, 3.05) is 29.0 Å². The molecule has 2 aromatic carbocycles. The van der Waals surface area contributed by atoms with Gasteiger partial charge in [0.25, 0.3) is 5.91 Å². The molecule has 7 nitrogen and oxygen atoms in total. The summed E-state index contributed by atoms with van der Waals surface area (Å²) in [6.07, 6.45) is 0.525. The minimum Gasteiger partial charge on any atom is -0.493 e.